The molecule has 0 aromatic heterocycles. The van der Waals surface area contributed by atoms with E-state index in [4.69, 9.17) is 9.47 Å². The Morgan fingerprint density at radius 3 is 2.75 bits per heavy atom. The second-order valence-electron chi connectivity index (χ2n) is 7.22. The minimum atomic E-state index is -3.74. The van der Waals surface area contributed by atoms with Crippen LogP contribution in [0, 0.1) is 0 Å². The number of benzene rings is 1. The van der Waals surface area contributed by atoms with Gasteiger partial charge in [-0.15, -0.1) is 0 Å². The Kier molecular flexibility index (Phi) is 6.59. The number of likely N-dealkylation sites (tertiary alicyclic amines) is 1. The maximum atomic E-state index is 13.2. The smallest absolute Gasteiger partial charge is 0.225 e. The van der Waals surface area contributed by atoms with Crippen molar-refractivity contribution in [1.29, 1.82) is 0 Å². The van der Waals surface area contributed by atoms with Gasteiger partial charge in [-0.2, -0.15) is 0 Å². The van der Waals surface area contributed by atoms with Crippen LogP contribution in [0.25, 0.3) is 0 Å². The Hall–Kier alpha value is -1.68. The predicted molar refractivity (Wildman–Crippen MR) is 106 cm³/mol. The van der Waals surface area contributed by atoms with Gasteiger partial charge in [0.2, 0.25) is 5.91 Å². The van der Waals surface area contributed by atoms with Crippen LogP contribution in [0.4, 0.5) is 5.69 Å². The van der Waals surface area contributed by atoms with E-state index in [2.05, 4.69) is 10.2 Å². The van der Waals surface area contributed by atoms with Crippen LogP contribution in [0.3, 0.4) is 0 Å². The van der Waals surface area contributed by atoms with E-state index >= 15 is 0 Å². The average Bonchev–Trinajstić information content (AvgIpc) is 2.70. The Bertz CT molecular complexity index is 808. The standard InChI is InChI=1S/C19H29N3O5S/c1-14(23)22(18-9-4-5-11-21(18)2)15-7-6-8-16(19(15)26-3)28(24,25)17-13-27-12-10-20-17/h6-8,17-18,20H,4-5,9-13H2,1-3H3. The lowest BCUT2D eigenvalue weighted by atomic mass is 10.1. The zero-order chi connectivity index (χ0) is 20.3. The third-order valence-corrected chi connectivity index (χ3v) is 7.35. The van der Waals surface area contributed by atoms with E-state index in [1.807, 2.05) is 7.05 Å². The second kappa shape index (κ2) is 8.77. The lowest BCUT2D eigenvalue weighted by Crippen LogP contribution is -2.51. The van der Waals surface area contributed by atoms with Crippen LogP contribution in [-0.4, -0.2) is 71.2 Å². The number of methoxy groups -OCH3 is 1. The van der Waals surface area contributed by atoms with Crippen LogP contribution in [0.1, 0.15) is 26.2 Å². The minimum Gasteiger partial charge on any atom is -0.493 e. The molecule has 3 rings (SSSR count). The summed E-state index contributed by atoms with van der Waals surface area (Å²) in [6.45, 7) is 3.42. The Morgan fingerprint density at radius 2 is 2.14 bits per heavy atom. The molecule has 156 valence electrons. The number of amides is 1. The third kappa shape index (κ3) is 4.03. The van der Waals surface area contributed by atoms with Gasteiger partial charge >= 0.3 is 0 Å². The number of hydrogen-bond donors (Lipinski definition) is 1. The molecule has 1 amide bonds. The van der Waals surface area contributed by atoms with Crippen LogP contribution in [0.15, 0.2) is 23.1 Å². The molecule has 2 atom stereocenters. The van der Waals surface area contributed by atoms with E-state index in [1.54, 1.807) is 17.0 Å². The number of nitrogens with one attached hydrogen (secondary N) is 1. The van der Waals surface area contributed by atoms with Crippen molar-refractivity contribution in [2.24, 2.45) is 0 Å². The average molecular weight is 412 g/mol. The zero-order valence-corrected chi connectivity index (χ0v) is 17.5. The highest BCUT2D eigenvalue weighted by Crippen LogP contribution is 2.39. The number of carbonyl (C=O) groups is 1. The molecule has 1 aromatic rings. The number of anilines is 1. The second-order valence-corrected chi connectivity index (χ2v) is 9.32. The number of para-hydroxylation sites is 1. The van der Waals surface area contributed by atoms with Crippen molar-refractivity contribution >= 4 is 21.4 Å². The Balaban J connectivity index is 2.06. The molecular formula is C19H29N3O5S. The number of nitrogens with zero attached hydrogens (tertiary/aromatic N) is 2. The fraction of sp³-hybridized carbons (Fsp3) is 0.632. The molecule has 8 nitrogen and oxygen atoms in total. The Labute approximate surface area is 166 Å². The summed E-state index contributed by atoms with van der Waals surface area (Å²) < 4.78 is 37.3. The molecule has 1 aromatic carbocycles. The maximum Gasteiger partial charge on any atom is 0.225 e. The maximum absolute atomic E-state index is 13.2. The summed E-state index contributed by atoms with van der Waals surface area (Å²) in [5.74, 6) is 0.0507. The van der Waals surface area contributed by atoms with Gasteiger partial charge in [0.1, 0.15) is 10.3 Å². The first-order valence-electron chi connectivity index (χ1n) is 9.60. The van der Waals surface area contributed by atoms with Crippen LogP contribution >= 0.6 is 0 Å². The van der Waals surface area contributed by atoms with E-state index in [0.717, 1.165) is 25.8 Å². The normalized spacial score (nSPS) is 24.0. The quantitative estimate of drug-likeness (QED) is 0.779. The van der Waals surface area contributed by atoms with Gasteiger partial charge in [-0.3, -0.25) is 19.9 Å². The number of piperidine rings is 1. The molecule has 2 fully saturated rings. The van der Waals surface area contributed by atoms with Crippen molar-refractivity contribution in [2.45, 2.75) is 42.6 Å². The molecule has 1 N–H and O–H groups in total. The molecule has 2 aliphatic rings. The zero-order valence-electron chi connectivity index (χ0n) is 16.7. The van der Waals surface area contributed by atoms with Gasteiger partial charge < -0.3 is 9.47 Å². The number of sulfone groups is 1. The van der Waals surface area contributed by atoms with Gasteiger partial charge in [0.15, 0.2) is 15.6 Å². The van der Waals surface area contributed by atoms with Crippen molar-refractivity contribution in [3.05, 3.63) is 18.2 Å². The highest BCUT2D eigenvalue weighted by atomic mass is 32.2. The molecule has 2 saturated heterocycles. The molecule has 0 spiro atoms. The summed E-state index contributed by atoms with van der Waals surface area (Å²) in [7, 11) is -0.325. The van der Waals surface area contributed by atoms with Crippen LogP contribution in [0.2, 0.25) is 0 Å². The first kappa shape index (κ1) is 21.0. The fourth-order valence-electron chi connectivity index (χ4n) is 3.94. The van der Waals surface area contributed by atoms with Crippen LogP contribution in [0.5, 0.6) is 5.75 Å². The lowest BCUT2D eigenvalue weighted by molar-refractivity contribution is -0.118. The molecule has 2 unspecified atom stereocenters. The van der Waals surface area contributed by atoms with Gasteiger partial charge in [0.25, 0.3) is 0 Å². The van der Waals surface area contributed by atoms with Crippen molar-refractivity contribution < 1.29 is 22.7 Å². The van der Waals surface area contributed by atoms with E-state index in [0.29, 0.717) is 18.8 Å². The Morgan fingerprint density at radius 1 is 1.36 bits per heavy atom. The molecule has 2 heterocycles. The molecule has 0 bridgehead atoms. The summed E-state index contributed by atoms with van der Waals surface area (Å²) in [6.07, 6.45) is 2.79. The van der Waals surface area contributed by atoms with E-state index in [-0.39, 0.29) is 29.3 Å². The van der Waals surface area contributed by atoms with Gasteiger partial charge in [0.05, 0.1) is 32.2 Å². The van der Waals surface area contributed by atoms with Crippen molar-refractivity contribution in [3.63, 3.8) is 0 Å². The van der Waals surface area contributed by atoms with Crippen molar-refractivity contribution in [2.75, 3.05) is 45.4 Å². The topological polar surface area (TPSA) is 88.2 Å². The number of rotatable bonds is 5. The van der Waals surface area contributed by atoms with E-state index < -0.39 is 15.2 Å². The first-order valence-corrected chi connectivity index (χ1v) is 11.1. The summed E-state index contributed by atoms with van der Waals surface area (Å²) in [6, 6.07) is 4.93. The molecule has 0 radical (unpaired) electrons. The highest BCUT2D eigenvalue weighted by Gasteiger charge is 2.36. The molecular weight excluding hydrogens is 382 g/mol. The van der Waals surface area contributed by atoms with Gasteiger partial charge in [-0.25, -0.2) is 8.42 Å². The summed E-state index contributed by atoms with van der Waals surface area (Å²) in [5.41, 5.74) is 0.478. The number of morpholine rings is 1. The molecule has 9 heteroatoms. The first-order chi connectivity index (χ1) is 13.4. The lowest BCUT2D eigenvalue weighted by Gasteiger charge is -2.40. The van der Waals surface area contributed by atoms with Gasteiger partial charge in [-0.05, 0) is 45.0 Å². The fourth-order valence-corrected chi connectivity index (χ4v) is 5.57. The van der Waals surface area contributed by atoms with Crippen LogP contribution in [-0.2, 0) is 19.4 Å². The third-order valence-electron chi connectivity index (χ3n) is 5.36. The monoisotopic (exact) mass is 411 g/mol. The number of ether oxygens (including phenoxy) is 2. The molecule has 0 aliphatic carbocycles. The SMILES string of the molecule is COc1c(N(C(C)=O)C2CCCCN2C)cccc1S(=O)(=O)C1COCCN1. The van der Waals surface area contributed by atoms with Crippen molar-refractivity contribution in [3.8, 4) is 5.75 Å². The van der Waals surface area contributed by atoms with Gasteiger partial charge in [0, 0.05) is 13.5 Å². The van der Waals surface area contributed by atoms with Crippen molar-refractivity contribution in [1.82, 2.24) is 10.2 Å². The molecule has 28 heavy (non-hydrogen) atoms. The summed E-state index contributed by atoms with van der Waals surface area (Å²) in [4.78, 5) is 16.4. The number of hydrogen-bond acceptors (Lipinski definition) is 7. The summed E-state index contributed by atoms with van der Waals surface area (Å²) in [5, 5.41) is 2.15. The molecule has 0 saturated carbocycles. The van der Waals surface area contributed by atoms with Gasteiger partial charge in [-0.1, -0.05) is 6.07 Å². The highest BCUT2D eigenvalue weighted by molar-refractivity contribution is 7.92. The predicted octanol–water partition coefficient (Wildman–Crippen LogP) is 1.21. The van der Waals surface area contributed by atoms with E-state index in [9.17, 15) is 13.2 Å². The minimum absolute atomic E-state index is 0.0696. The number of carbonyl (C=O) groups excluding carboxylic acids is 1. The van der Waals surface area contributed by atoms with E-state index in [1.165, 1.54) is 20.1 Å². The largest absolute Gasteiger partial charge is 0.493 e. The molecule has 2 aliphatic heterocycles. The van der Waals surface area contributed by atoms with Crippen LogP contribution < -0.4 is 15.0 Å². The summed E-state index contributed by atoms with van der Waals surface area (Å²) >= 11 is 0.